The summed E-state index contributed by atoms with van der Waals surface area (Å²) in [6, 6.07) is 11.4. The predicted octanol–water partition coefficient (Wildman–Crippen LogP) is 2.33. The van der Waals surface area contributed by atoms with Crippen LogP contribution < -0.4 is 15.0 Å². The molecular formula is C20H27N5O2. The van der Waals surface area contributed by atoms with Gasteiger partial charge in [-0.1, -0.05) is 18.2 Å². The van der Waals surface area contributed by atoms with Gasteiger partial charge in [-0.2, -0.15) is 4.98 Å². The Kier molecular flexibility index (Phi) is 6.11. The van der Waals surface area contributed by atoms with E-state index < -0.39 is 6.10 Å². The molecule has 1 saturated heterocycles. The van der Waals surface area contributed by atoms with Gasteiger partial charge in [0.2, 0.25) is 5.95 Å². The van der Waals surface area contributed by atoms with Crippen molar-refractivity contribution in [3.63, 3.8) is 0 Å². The van der Waals surface area contributed by atoms with Gasteiger partial charge in [0, 0.05) is 44.5 Å². The Balaban J connectivity index is 1.57. The molecule has 1 aliphatic rings. The molecule has 0 spiro atoms. The van der Waals surface area contributed by atoms with E-state index in [2.05, 4.69) is 20.2 Å². The molecular weight excluding hydrogens is 342 g/mol. The molecule has 1 fully saturated rings. The minimum atomic E-state index is -0.499. The summed E-state index contributed by atoms with van der Waals surface area (Å²) < 4.78 is 5.77. The Morgan fingerprint density at radius 2 is 1.89 bits per heavy atom. The number of ether oxygens (including phenoxy) is 1. The highest BCUT2D eigenvalue weighted by atomic mass is 16.5. The van der Waals surface area contributed by atoms with Crippen LogP contribution in [0.5, 0.6) is 5.75 Å². The quantitative estimate of drug-likeness (QED) is 0.843. The van der Waals surface area contributed by atoms with E-state index in [0.29, 0.717) is 24.8 Å². The molecule has 0 saturated carbocycles. The number of nitrogens with one attached hydrogen (secondary N) is 1. The largest absolute Gasteiger partial charge is 0.481 e. The van der Waals surface area contributed by atoms with Crippen molar-refractivity contribution in [1.29, 1.82) is 0 Å². The molecule has 7 nitrogen and oxygen atoms in total. The Bertz CT molecular complexity index is 760. The SMILES string of the molecule is CCNc1nc(C)cc(N2CCN(C(=O)C(C)Oc3ccccc3)CC2)n1. The third kappa shape index (κ3) is 4.87. The first-order valence-corrected chi connectivity index (χ1v) is 9.42. The third-order valence-corrected chi connectivity index (χ3v) is 4.49. The summed E-state index contributed by atoms with van der Waals surface area (Å²) in [6.07, 6.45) is -0.499. The van der Waals surface area contributed by atoms with Gasteiger partial charge in [0.05, 0.1) is 0 Å². The van der Waals surface area contributed by atoms with Crippen LogP contribution in [0.3, 0.4) is 0 Å². The fourth-order valence-electron chi connectivity index (χ4n) is 3.12. The summed E-state index contributed by atoms with van der Waals surface area (Å²) >= 11 is 0. The Morgan fingerprint density at radius 3 is 2.56 bits per heavy atom. The number of carbonyl (C=O) groups is 1. The van der Waals surface area contributed by atoms with Crippen LogP contribution in [-0.4, -0.2) is 59.6 Å². The fourth-order valence-corrected chi connectivity index (χ4v) is 3.12. The molecule has 1 unspecified atom stereocenters. The molecule has 1 atom stereocenters. The summed E-state index contributed by atoms with van der Waals surface area (Å²) in [5, 5.41) is 3.16. The molecule has 1 amide bonds. The molecule has 1 aliphatic heterocycles. The molecule has 0 bridgehead atoms. The third-order valence-electron chi connectivity index (χ3n) is 4.49. The zero-order valence-electron chi connectivity index (χ0n) is 16.2. The summed E-state index contributed by atoms with van der Waals surface area (Å²) in [5.41, 5.74) is 0.930. The van der Waals surface area contributed by atoms with Gasteiger partial charge in [0.15, 0.2) is 6.10 Å². The van der Waals surface area contributed by atoms with Crippen molar-refractivity contribution in [3.8, 4) is 5.75 Å². The average molecular weight is 369 g/mol. The monoisotopic (exact) mass is 369 g/mol. The van der Waals surface area contributed by atoms with E-state index in [0.717, 1.165) is 31.1 Å². The highest BCUT2D eigenvalue weighted by Crippen LogP contribution is 2.18. The van der Waals surface area contributed by atoms with Crippen LogP contribution >= 0.6 is 0 Å². The molecule has 2 heterocycles. The van der Waals surface area contributed by atoms with E-state index in [9.17, 15) is 4.79 Å². The van der Waals surface area contributed by atoms with Crippen LogP contribution in [0.25, 0.3) is 0 Å². The lowest BCUT2D eigenvalue weighted by Gasteiger charge is -2.36. The highest BCUT2D eigenvalue weighted by molar-refractivity contribution is 5.81. The minimum absolute atomic E-state index is 0.0192. The second kappa shape index (κ2) is 8.70. The number of benzene rings is 1. The molecule has 2 aromatic rings. The Hall–Kier alpha value is -2.83. The van der Waals surface area contributed by atoms with Crippen LogP contribution in [0.4, 0.5) is 11.8 Å². The van der Waals surface area contributed by atoms with Gasteiger partial charge in [0.1, 0.15) is 11.6 Å². The Morgan fingerprint density at radius 1 is 1.19 bits per heavy atom. The lowest BCUT2D eigenvalue weighted by Crippen LogP contribution is -2.52. The molecule has 27 heavy (non-hydrogen) atoms. The van der Waals surface area contributed by atoms with Crippen molar-refractivity contribution in [2.24, 2.45) is 0 Å². The van der Waals surface area contributed by atoms with Crippen molar-refractivity contribution in [1.82, 2.24) is 14.9 Å². The number of piperazine rings is 1. The van der Waals surface area contributed by atoms with E-state index in [1.807, 2.05) is 55.1 Å². The van der Waals surface area contributed by atoms with Gasteiger partial charge in [0.25, 0.3) is 5.91 Å². The number of amides is 1. The maximum Gasteiger partial charge on any atom is 0.263 e. The second-order valence-electron chi connectivity index (χ2n) is 6.61. The van der Waals surface area contributed by atoms with Crippen molar-refractivity contribution in [2.45, 2.75) is 26.9 Å². The maximum atomic E-state index is 12.7. The zero-order chi connectivity index (χ0) is 19.2. The molecule has 0 radical (unpaired) electrons. The van der Waals surface area contributed by atoms with Crippen molar-refractivity contribution >= 4 is 17.7 Å². The normalized spacial score (nSPS) is 15.4. The lowest BCUT2D eigenvalue weighted by atomic mass is 10.2. The first-order chi connectivity index (χ1) is 13.1. The second-order valence-corrected chi connectivity index (χ2v) is 6.61. The number of anilines is 2. The maximum absolute atomic E-state index is 12.7. The van der Waals surface area contributed by atoms with Gasteiger partial charge in [-0.3, -0.25) is 4.79 Å². The first-order valence-electron chi connectivity index (χ1n) is 9.42. The molecule has 1 N–H and O–H groups in total. The Labute approximate surface area is 160 Å². The molecule has 0 aliphatic carbocycles. The van der Waals surface area contributed by atoms with Crippen molar-refractivity contribution in [3.05, 3.63) is 42.1 Å². The molecule has 1 aromatic heterocycles. The molecule has 144 valence electrons. The van der Waals surface area contributed by atoms with E-state index in [1.54, 1.807) is 6.92 Å². The highest BCUT2D eigenvalue weighted by Gasteiger charge is 2.26. The number of para-hydroxylation sites is 1. The van der Waals surface area contributed by atoms with Gasteiger partial charge < -0.3 is 19.9 Å². The van der Waals surface area contributed by atoms with Gasteiger partial charge in [-0.15, -0.1) is 0 Å². The summed E-state index contributed by atoms with van der Waals surface area (Å²) in [5.74, 6) is 2.28. The predicted molar refractivity (Wildman–Crippen MR) is 106 cm³/mol. The smallest absolute Gasteiger partial charge is 0.263 e. The first kappa shape index (κ1) is 18.9. The summed E-state index contributed by atoms with van der Waals surface area (Å²) in [4.78, 5) is 25.7. The average Bonchev–Trinajstić information content (AvgIpc) is 2.68. The minimum Gasteiger partial charge on any atom is -0.481 e. The van der Waals surface area contributed by atoms with Gasteiger partial charge in [-0.05, 0) is 32.9 Å². The van der Waals surface area contributed by atoms with E-state index >= 15 is 0 Å². The molecule has 7 heteroatoms. The number of nitrogens with zero attached hydrogens (tertiary/aromatic N) is 4. The number of aryl methyl sites for hydroxylation is 1. The van der Waals surface area contributed by atoms with Crippen molar-refractivity contribution < 1.29 is 9.53 Å². The van der Waals surface area contributed by atoms with Crippen LogP contribution in [-0.2, 0) is 4.79 Å². The standard InChI is InChI=1S/C20H27N5O2/c1-4-21-20-22-15(2)14-18(23-20)24-10-12-25(13-11-24)19(26)16(3)27-17-8-6-5-7-9-17/h5-9,14,16H,4,10-13H2,1-3H3,(H,21,22,23). The van der Waals surface area contributed by atoms with Crippen LogP contribution in [0.15, 0.2) is 36.4 Å². The fraction of sp³-hybridized carbons (Fsp3) is 0.450. The van der Waals surface area contributed by atoms with Crippen molar-refractivity contribution in [2.75, 3.05) is 42.9 Å². The summed E-state index contributed by atoms with van der Waals surface area (Å²) in [7, 11) is 0. The van der Waals surface area contributed by atoms with E-state index in [1.165, 1.54) is 0 Å². The molecule has 1 aromatic carbocycles. The number of rotatable bonds is 6. The van der Waals surface area contributed by atoms with E-state index in [-0.39, 0.29) is 5.91 Å². The van der Waals surface area contributed by atoms with Crippen LogP contribution in [0, 0.1) is 6.92 Å². The van der Waals surface area contributed by atoms with E-state index in [4.69, 9.17) is 4.74 Å². The molecule has 3 rings (SSSR count). The number of hydrogen-bond donors (Lipinski definition) is 1. The van der Waals surface area contributed by atoms with Crippen LogP contribution in [0.2, 0.25) is 0 Å². The topological polar surface area (TPSA) is 70.6 Å². The number of hydrogen-bond acceptors (Lipinski definition) is 6. The van der Waals surface area contributed by atoms with Gasteiger partial charge in [-0.25, -0.2) is 4.98 Å². The number of aromatic nitrogens is 2. The zero-order valence-corrected chi connectivity index (χ0v) is 16.2. The van der Waals surface area contributed by atoms with Crippen LogP contribution in [0.1, 0.15) is 19.5 Å². The lowest BCUT2D eigenvalue weighted by molar-refractivity contribution is -0.138. The summed E-state index contributed by atoms with van der Waals surface area (Å²) in [6.45, 7) is 9.37. The number of carbonyl (C=O) groups excluding carboxylic acids is 1. The van der Waals surface area contributed by atoms with Gasteiger partial charge >= 0.3 is 0 Å².